The first-order valence-corrected chi connectivity index (χ1v) is 11.0. The molecule has 1 fully saturated rings. The number of aliphatic imine (C=N–C) groups is 1. The maximum Gasteiger partial charge on any atom is 0.256 e. The van der Waals surface area contributed by atoms with E-state index in [-0.39, 0.29) is 5.91 Å². The summed E-state index contributed by atoms with van der Waals surface area (Å²) in [7, 11) is 3.84. The number of amides is 1. The van der Waals surface area contributed by atoms with Crippen LogP contribution in [0.5, 0.6) is 0 Å². The fourth-order valence-electron chi connectivity index (χ4n) is 3.87. The van der Waals surface area contributed by atoms with Gasteiger partial charge in [-0.1, -0.05) is 12.1 Å². The van der Waals surface area contributed by atoms with E-state index in [9.17, 15) is 4.79 Å². The van der Waals surface area contributed by atoms with Crippen molar-refractivity contribution in [3.05, 3.63) is 71.8 Å². The van der Waals surface area contributed by atoms with E-state index < -0.39 is 0 Å². The van der Waals surface area contributed by atoms with E-state index in [0.717, 1.165) is 60.3 Å². The maximum atomic E-state index is 12.9. The Morgan fingerprint density at radius 3 is 2.67 bits per heavy atom. The van der Waals surface area contributed by atoms with Gasteiger partial charge in [-0.25, -0.2) is 4.98 Å². The van der Waals surface area contributed by atoms with Gasteiger partial charge in [-0.05, 0) is 42.3 Å². The molecule has 3 N–H and O–H groups in total. The number of fused-ring (bicyclic) bond motifs is 1. The molecule has 8 nitrogen and oxygen atoms in total. The molecule has 0 spiro atoms. The van der Waals surface area contributed by atoms with Gasteiger partial charge in [0, 0.05) is 81.1 Å². The summed E-state index contributed by atoms with van der Waals surface area (Å²) < 4.78 is 0. The first kappa shape index (κ1) is 22.6. The number of nitrogens with two attached hydrogens (primary N) is 1. The van der Waals surface area contributed by atoms with Crippen molar-refractivity contribution in [3.63, 3.8) is 0 Å². The van der Waals surface area contributed by atoms with E-state index in [1.807, 2.05) is 30.3 Å². The number of hydrogen-bond acceptors (Lipinski definition) is 7. The van der Waals surface area contributed by atoms with Gasteiger partial charge in [0.25, 0.3) is 5.91 Å². The third-order valence-electron chi connectivity index (χ3n) is 5.80. The van der Waals surface area contributed by atoms with Crippen molar-refractivity contribution < 1.29 is 4.79 Å². The molecule has 0 saturated carbocycles. The second kappa shape index (κ2) is 10.3. The Labute approximate surface area is 193 Å². The van der Waals surface area contributed by atoms with Gasteiger partial charge >= 0.3 is 0 Å². The monoisotopic (exact) mass is 443 g/mol. The zero-order valence-corrected chi connectivity index (χ0v) is 19.0. The molecule has 4 rings (SSSR count). The third kappa shape index (κ3) is 5.60. The summed E-state index contributed by atoms with van der Waals surface area (Å²) in [5, 5.41) is 4.83. The van der Waals surface area contributed by atoms with Crippen LogP contribution in [0.1, 0.15) is 21.6 Å². The van der Waals surface area contributed by atoms with Crippen LogP contribution in [0.2, 0.25) is 0 Å². The van der Waals surface area contributed by atoms with Gasteiger partial charge in [-0.3, -0.25) is 19.7 Å². The molecule has 33 heavy (non-hydrogen) atoms. The Morgan fingerprint density at radius 1 is 1.09 bits per heavy atom. The third-order valence-corrected chi connectivity index (χ3v) is 5.80. The molecule has 1 aliphatic heterocycles. The molecule has 0 atom stereocenters. The molecule has 0 bridgehead atoms. The Hall–Kier alpha value is -3.62. The quantitative estimate of drug-likeness (QED) is 0.568. The van der Waals surface area contributed by atoms with Gasteiger partial charge in [-0.15, -0.1) is 0 Å². The molecule has 0 radical (unpaired) electrons. The van der Waals surface area contributed by atoms with E-state index in [2.05, 4.69) is 37.1 Å². The number of benzene rings is 1. The van der Waals surface area contributed by atoms with Crippen LogP contribution < -0.4 is 11.1 Å². The van der Waals surface area contributed by atoms with E-state index in [1.165, 1.54) is 6.20 Å². The molecule has 0 unspecified atom stereocenters. The van der Waals surface area contributed by atoms with Crippen molar-refractivity contribution in [3.8, 4) is 0 Å². The predicted octanol–water partition coefficient (Wildman–Crippen LogP) is 2.63. The summed E-state index contributed by atoms with van der Waals surface area (Å²) in [6, 6.07) is 11.4. The predicted molar refractivity (Wildman–Crippen MR) is 133 cm³/mol. The number of allylic oxidation sites excluding steroid dienone is 1. The lowest BCUT2D eigenvalue weighted by Crippen LogP contribution is -2.44. The van der Waals surface area contributed by atoms with Gasteiger partial charge in [0.2, 0.25) is 0 Å². The smallest absolute Gasteiger partial charge is 0.256 e. The van der Waals surface area contributed by atoms with Crippen molar-refractivity contribution in [1.29, 1.82) is 0 Å². The van der Waals surface area contributed by atoms with Crippen molar-refractivity contribution >= 4 is 34.3 Å². The minimum Gasteiger partial charge on any atom is -0.404 e. The number of aromatic nitrogens is 2. The molecule has 170 valence electrons. The zero-order chi connectivity index (χ0) is 23.2. The Kier molecular flexibility index (Phi) is 7.07. The second-order valence-electron chi connectivity index (χ2n) is 8.21. The SMILES string of the molecule is CN=CC(=CN)c1ccc2cnc(NC(=O)c3ccnc(CN4CCN(C)CC4)c3)cc2c1. The van der Waals surface area contributed by atoms with Crippen LogP contribution in [0.25, 0.3) is 16.3 Å². The summed E-state index contributed by atoms with van der Waals surface area (Å²) in [5.41, 5.74) is 8.97. The van der Waals surface area contributed by atoms with Crippen LogP contribution in [0.4, 0.5) is 5.82 Å². The Bertz CT molecular complexity index is 1200. The van der Waals surface area contributed by atoms with Gasteiger partial charge in [0.15, 0.2) is 0 Å². The number of nitrogens with one attached hydrogen (secondary N) is 1. The number of rotatable bonds is 6. The molecule has 1 saturated heterocycles. The average molecular weight is 444 g/mol. The normalized spacial score (nSPS) is 15.9. The molecule has 1 aliphatic rings. The first-order chi connectivity index (χ1) is 16.1. The van der Waals surface area contributed by atoms with E-state index in [1.54, 1.807) is 31.7 Å². The van der Waals surface area contributed by atoms with Crippen molar-refractivity contribution in [2.45, 2.75) is 6.54 Å². The summed E-state index contributed by atoms with van der Waals surface area (Å²) in [6.45, 7) is 4.84. The summed E-state index contributed by atoms with van der Waals surface area (Å²) in [6.07, 6.45) is 6.69. The summed E-state index contributed by atoms with van der Waals surface area (Å²) in [4.78, 5) is 30.5. The second-order valence-corrected chi connectivity index (χ2v) is 8.21. The van der Waals surface area contributed by atoms with Gasteiger partial charge in [-0.2, -0.15) is 0 Å². The lowest BCUT2D eigenvalue weighted by molar-refractivity contribution is 0.102. The lowest BCUT2D eigenvalue weighted by atomic mass is 10.0. The molecule has 1 amide bonds. The van der Waals surface area contributed by atoms with E-state index >= 15 is 0 Å². The van der Waals surface area contributed by atoms with Crippen LogP contribution in [-0.2, 0) is 6.54 Å². The minimum atomic E-state index is -0.208. The van der Waals surface area contributed by atoms with Crippen molar-refractivity contribution in [1.82, 2.24) is 19.8 Å². The number of carbonyl (C=O) groups excluding carboxylic acids is 1. The number of anilines is 1. The molecule has 8 heteroatoms. The van der Waals surface area contributed by atoms with Crippen LogP contribution in [0.3, 0.4) is 0 Å². The molecule has 2 aromatic heterocycles. The van der Waals surface area contributed by atoms with Crippen LogP contribution in [0.15, 0.2) is 60.0 Å². The number of nitrogens with zero attached hydrogens (tertiary/aromatic N) is 5. The number of piperazine rings is 1. The molecular weight excluding hydrogens is 414 g/mol. The highest BCUT2D eigenvalue weighted by molar-refractivity contribution is 6.10. The lowest BCUT2D eigenvalue weighted by Gasteiger charge is -2.32. The van der Waals surface area contributed by atoms with Crippen LogP contribution >= 0.6 is 0 Å². The van der Waals surface area contributed by atoms with Crippen LogP contribution in [0, 0.1) is 0 Å². The maximum absolute atomic E-state index is 12.9. The minimum absolute atomic E-state index is 0.208. The summed E-state index contributed by atoms with van der Waals surface area (Å²) in [5.74, 6) is 0.283. The topological polar surface area (TPSA) is 99.7 Å². The highest BCUT2D eigenvalue weighted by atomic mass is 16.1. The molecule has 0 aliphatic carbocycles. The van der Waals surface area contributed by atoms with Crippen molar-refractivity contribution in [2.75, 3.05) is 45.6 Å². The van der Waals surface area contributed by atoms with Gasteiger partial charge in [0.05, 0.1) is 5.69 Å². The van der Waals surface area contributed by atoms with Crippen LogP contribution in [-0.4, -0.2) is 72.2 Å². The number of likely N-dealkylation sites (N-methyl/N-ethyl adjacent to an activating group) is 1. The fourth-order valence-corrected chi connectivity index (χ4v) is 3.87. The average Bonchev–Trinajstić information content (AvgIpc) is 2.83. The number of hydrogen-bond donors (Lipinski definition) is 2. The Balaban J connectivity index is 1.49. The van der Waals surface area contributed by atoms with Crippen molar-refractivity contribution in [2.24, 2.45) is 10.7 Å². The largest absolute Gasteiger partial charge is 0.404 e. The summed E-state index contributed by atoms with van der Waals surface area (Å²) >= 11 is 0. The molecule has 3 aromatic rings. The standard InChI is InChI=1S/C25H29N7O/c1-27-15-22(14-26)18-3-4-20-16-29-24(13-21(20)11-18)30-25(33)19-5-6-28-23(12-19)17-32-9-7-31(2)8-10-32/h3-6,11-16H,7-10,17,26H2,1-2H3,(H,29,30,33). The Morgan fingerprint density at radius 2 is 1.91 bits per heavy atom. The molecule has 3 heterocycles. The van der Waals surface area contributed by atoms with Gasteiger partial charge < -0.3 is 16.0 Å². The fraction of sp³-hybridized carbons (Fsp3) is 0.280. The molecular formula is C25H29N7O. The molecule has 1 aromatic carbocycles. The number of pyridine rings is 2. The number of carbonyl (C=O) groups is 1. The zero-order valence-electron chi connectivity index (χ0n) is 19.0. The first-order valence-electron chi connectivity index (χ1n) is 11.0. The van der Waals surface area contributed by atoms with E-state index in [4.69, 9.17) is 5.73 Å². The van der Waals surface area contributed by atoms with Gasteiger partial charge in [0.1, 0.15) is 5.82 Å². The van der Waals surface area contributed by atoms with E-state index in [0.29, 0.717) is 11.4 Å². The highest BCUT2D eigenvalue weighted by Crippen LogP contribution is 2.22. The highest BCUT2D eigenvalue weighted by Gasteiger charge is 2.15.